The van der Waals surface area contributed by atoms with E-state index in [0.717, 1.165) is 57.8 Å². The van der Waals surface area contributed by atoms with Crippen molar-refractivity contribution >= 4 is 17.9 Å². The van der Waals surface area contributed by atoms with Crippen molar-refractivity contribution in [1.29, 1.82) is 0 Å². The molecule has 0 aromatic rings. The molecule has 1 unspecified atom stereocenters. The number of rotatable bonds is 72. The van der Waals surface area contributed by atoms with Crippen LogP contribution in [0.25, 0.3) is 0 Å². The maximum atomic E-state index is 13.0. The van der Waals surface area contributed by atoms with Crippen molar-refractivity contribution in [2.24, 2.45) is 0 Å². The lowest BCUT2D eigenvalue weighted by Crippen LogP contribution is -2.30. The standard InChI is InChI=1S/C76H148O6/c1-4-7-10-13-16-19-22-25-28-31-34-37-40-42-45-48-51-54-57-60-63-66-69-75(78)81-72-73(82-76(79)70-67-64-61-58-55-52-49-46-43-39-36-33-30-27-24-21-18-15-12-9-6-3)71-80-74(77)68-65-62-59-56-53-50-47-44-41-38-35-32-29-26-23-20-17-14-11-8-5-2/h73H,4-72H2,1-3H3. The van der Waals surface area contributed by atoms with Crippen LogP contribution < -0.4 is 0 Å². The zero-order valence-electron chi connectivity index (χ0n) is 56.3. The first kappa shape index (κ1) is 80.4. The molecule has 0 saturated heterocycles. The molecular weight excluding hydrogens is 1010 g/mol. The molecule has 0 fully saturated rings. The van der Waals surface area contributed by atoms with Crippen LogP contribution in [0.5, 0.6) is 0 Å². The Morgan fingerprint density at radius 3 is 0.488 bits per heavy atom. The number of unbranched alkanes of at least 4 members (excludes halogenated alkanes) is 61. The Kier molecular flexibility index (Phi) is 70.5. The number of carbonyl (C=O) groups is 3. The number of hydrogen-bond acceptors (Lipinski definition) is 6. The molecule has 0 spiro atoms. The molecule has 488 valence electrons. The van der Waals surface area contributed by atoms with Crippen LogP contribution in [0.3, 0.4) is 0 Å². The molecule has 6 nitrogen and oxygen atoms in total. The lowest BCUT2D eigenvalue weighted by Gasteiger charge is -2.18. The van der Waals surface area contributed by atoms with Crippen molar-refractivity contribution in [2.75, 3.05) is 13.2 Å². The zero-order valence-corrected chi connectivity index (χ0v) is 56.3. The van der Waals surface area contributed by atoms with E-state index in [1.54, 1.807) is 0 Å². The minimum Gasteiger partial charge on any atom is -0.462 e. The van der Waals surface area contributed by atoms with E-state index in [2.05, 4.69) is 20.8 Å². The highest BCUT2D eigenvalue weighted by atomic mass is 16.6. The summed E-state index contributed by atoms with van der Waals surface area (Å²) in [7, 11) is 0. The third-order valence-corrected chi connectivity index (χ3v) is 17.9. The van der Waals surface area contributed by atoms with Crippen LogP contribution in [0.1, 0.15) is 451 Å². The molecule has 0 radical (unpaired) electrons. The van der Waals surface area contributed by atoms with Gasteiger partial charge in [0.1, 0.15) is 13.2 Å². The number of ether oxygens (including phenoxy) is 3. The zero-order chi connectivity index (χ0) is 59.2. The van der Waals surface area contributed by atoms with Crippen LogP contribution in [0.15, 0.2) is 0 Å². The molecular formula is C76H148O6. The maximum absolute atomic E-state index is 13.0. The summed E-state index contributed by atoms with van der Waals surface area (Å²) < 4.78 is 17.1. The van der Waals surface area contributed by atoms with Gasteiger partial charge in [0.15, 0.2) is 6.10 Å². The SMILES string of the molecule is CCCCCCCCCCCCCCCCCCCCCCCCC(=O)OCC(COC(=O)CCCCCCCCCCCCCCCCCCCCCCC)OC(=O)CCCCCCCCCCCCCCCCCCCCCCC. The smallest absolute Gasteiger partial charge is 0.306 e. The van der Waals surface area contributed by atoms with E-state index in [9.17, 15) is 14.4 Å². The Hall–Kier alpha value is -1.59. The predicted octanol–water partition coefficient (Wildman–Crippen LogP) is 26.2. The van der Waals surface area contributed by atoms with Crippen LogP contribution in [0.4, 0.5) is 0 Å². The first-order valence-corrected chi connectivity index (χ1v) is 38.0. The summed E-state index contributed by atoms with van der Waals surface area (Å²) in [6, 6.07) is 0. The fraction of sp³-hybridized carbons (Fsp3) is 0.961. The molecule has 82 heavy (non-hydrogen) atoms. The maximum Gasteiger partial charge on any atom is 0.306 e. The van der Waals surface area contributed by atoms with Crippen LogP contribution in [-0.4, -0.2) is 37.2 Å². The Bertz CT molecular complexity index is 1240. The molecule has 0 saturated carbocycles. The second kappa shape index (κ2) is 71.9. The van der Waals surface area contributed by atoms with Gasteiger partial charge < -0.3 is 14.2 Å². The van der Waals surface area contributed by atoms with Crippen molar-refractivity contribution < 1.29 is 28.6 Å². The minimum atomic E-state index is -0.764. The van der Waals surface area contributed by atoms with E-state index in [1.807, 2.05) is 0 Å². The molecule has 0 aliphatic heterocycles. The molecule has 0 aliphatic rings. The molecule has 0 heterocycles. The van der Waals surface area contributed by atoms with Gasteiger partial charge in [0.25, 0.3) is 0 Å². The van der Waals surface area contributed by atoms with Crippen LogP contribution in [0.2, 0.25) is 0 Å². The van der Waals surface area contributed by atoms with Crippen LogP contribution >= 0.6 is 0 Å². The quantitative estimate of drug-likeness (QED) is 0.0343. The Labute approximate surface area is 514 Å². The molecule has 0 aromatic heterocycles. The molecule has 0 N–H and O–H groups in total. The van der Waals surface area contributed by atoms with Crippen molar-refractivity contribution in [3.05, 3.63) is 0 Å². The van der Waals surface area contributed by atoms with E-state index in [4.69, 9.17) is 14.2 Å². The normalized spacial score (nSPS) is 11.9. The van der Waals surface area contributed by atoms with Gasteiger partial charge in [-0.1, -0.05) is 412 Å². The number of esters is 3. The summed E-state index contributed by atoms with van der Waals surface area (Å²) in [6.07, 6.45) is 85.7. The molecule has 0 rings (SSSR count). The average molecular weight is 1160 g/mol. The summed E-state index contributed by atoms with van der Waals surface area (Å²) in [6.45, 7) is 6.76. The summed E-state index contributed by atoms with van der Waals surface area (Å²) in [4.78, 5) is 38.6. The molecule has 0 amide bonds. The predicted molar refractivity (Wildman–Crippen MR) is 358 cm³/mol. The monoisotopic (exact) mass is 1160 g/mol. The van der Waals surface area contributed by atoms with Crippen molar-refractivity contribution in [3.8, 4) is 0 Å². The van der Waals surface area contributed by atoms with E-state index >= 15 is 0 Å². The first-order chi connectivity index (χ1) is 40.5. The topological polar surface area (TPSA) is 78.9 Å². The fourth-order valence-corrected chi connectivity index (χ4v) is 12.2. The average Bonchev–Trinajstić information content (AvgIpc) is 3.47. The van der Waals surface area contributed by atoms with Crippen molar-refractivity contribution in [1.82, 2.24) is 0 Å². The lowest BCUT2D eigenvalue weighted by molar-refractivity contribution is -0.167. The van der Waals surface area contributed by atoms with Gasteiger partial charge in [0.2, 0.25) is 0 Å². The van der Waals surface area contributed by atoms with Gasteiger partial charge in [0.05, 0.1) is 0 Å². The summed E-state index contributed by atoms with van der Waals surface area (Å²) in [5.74, 6) is -0.812. The first-order valence-electron chi connectivity index (χ1n) is 38.0. The third-order valence-electron chi connectivity index (χ3n) is 17.9. The Morgan fingerprint density at radius 2 is 0.329 bits per heavy atom. The summed E-state index contributed by atoms with van der Waals surface area (Å²) >= 11 is 0. The van der Waals surface area contributed by atoms with Crippen molar-refractivity contribution in [2.45, 2.75) is 457 Å². The molecule has 6 heteroatoms. The summed E-state index contributed by atoms with van der Waals surface area (Å²) in [5.41, 5.74) is 0. The van der Waals surface area contributed by atoms with E-state index in [0.29, 0.717) is 19.3 Å². The minimum absolute atomic E-state index is 0.0597. The summed E-state index contributed by atoms with van der Waals surface area (Å²) in [5, 5.41) is 0. The van der Waals surface area contributed by atoms with Crippen molar-refractivity contribution in [3.63, 3.8) is 0 Å². The highest BCUT2D eigenvalue weighted by Gasteiger charge is 2.20. The van der Waals surface area contributed by atoms with Crippen LogP contribution in [0, 0.1) is 0 Å². The third kappa shape index (κ3) is 69.2. The van der Waals surface area contributed by atoms with Crippen LogP contribution in [-0.2, 0) is 28.6 Å². The van der Waals surface area contributed by atoms with Gasteiger partial charge in [-0.25, -0.2) is 0 Å². The highest BCUT2D eigenvalue weighted by Crippen LogP contribution is 2.20. The van der Waals surface area contributed by atoms with E-state index in [-0.39, 0.29) is 31.1 Å². The van der Waals surface area contributed by atoms with Gasteiger partial charge in [-0.3, -0.25) is 14.4 Å². The van der Waals surface area contributed by atoms with Gasteiger partial charge >= 0.3 is 17.9 Å². The molecule has 0 bridgehead atoms. The van der Waals surface area contributed by atoms with Gasteiger partial charge in [0, 0.05) is 19.3 Å². The van der Waals surface area contributed by atoms with Gasteiger partial charge in [-0.2, -0.15) is 0 Å². The Balaban J connectivity index is 4.26. The number of hydrogen-bond donors (Lipinski definition) is 0. The highest BCUT2D eigenvalue weighted by molar-refractivity contribution is 5.71. The second-order valence-electron chi connectivity index (χ2n) is 26.3. The largest absolute Gasteiger partial charge is 0.462 e. The van der Waals surface area contributed by atoms with E-state index in [1.165, 1.54) is 353 Å². The molecule has 0 aromatic carbocycles. The van der Waals surface area contributed by atoms with Gasteiger partial charge in [-0.15, -0.1) is 0 Å². The molecule has 1 atom stereocenters. The Morgan fingerprint density at radius 1 is 0.195 bits per heavy atom. The lowest BCUT2D eigenvalue weighted by atomic mass is 10.0. The number of carbonyl (C=O) groups excluding carboxylic acids is 3. The fourth-order valence-electron chi connectivity index (χ4n) is 12.2. The van der Waals surface area contributed by atoms with Gasteiger partial charge in [-0.05, 0) is 19.3 Å². The molecule has 0 aliphatic carbocycles. The van der Waals surface area contributed by atoms with E-state index < -0.39 is 6.10 Å². The second-order valence-corrected chi connectivity index (χ2v) is 26.3.